The molecule has 1 N–H and O–H groups in total. The van der Waals surface area contributed by atoms with Crippen molar-refractivity contribution in [3.05, 3.63) is 65.2 Å². The van der Waals surface area contributed by atoms with E-state index in [0.717, 1.165) is 23.4 Å². The van der Waals surface area contributed by atoms with Crippen molar-refractivity contribution in [1.29, 1.82) is 0 Å². The zero-order valence-corrected chi connectivity index (χ0v) is 17.1. The average Bonchev–Trinajstić information content (AvgIpc) is 3.47. The van der Waals surface area contributed by atoms with Crippen LogP contribution < -0.4 is 10.1 Å². The molecule has 0 aromatic heterocycles. The van der Waals surface area contributed by atoms with Crippen molar-refractivity contribution in [2.45, 2.75) is 25.7 Å². The Kier molecular flexibility index (Phi) is 5.56. The van der Waals surface area contributed by atoms with Crippen LogP contribution in [0.2, 0.25) is 0 Å². The van der Waals surface area contributed by atoms with Crippen molar-refractivity contribution in [1.82, 2.24) is 10.2 Å². The fourth-order valence-corrected chi connectivity index (χ4v) is 4.02. The molecule has 1 aliphatic carbocycles. The monoisotopic (exact) mass is 392 g/mol. The highest BCUT2D eigenvalue weighted by Crippen LogP contribution is 2.35. The van der Waals surface area contributed by atoms with Crippen molar-refractivity contribution in [2.24, 2.45) is 11.8 Å². The summed E-state index contributed by atoms with van der Waals surface area (Å²) in [6.07, 6.45) is 2.39. The minimum absolute atomic E-state index is 0.0182. The number of rotatable bonds is 6. The van der Waals surface area contributed by atoms with E-state index in [0.29, 0.717) is 24.6 Å². The van der Waals surface area contributed by atoms with Crippen LogP contribution in [0.4, 0.5) is 0 Å². The van der Waals surface area contributed by atoms with Crippen LogP contribution in [0, 0.1) is 18.8 Å². The average molecular weight is 392 g/mol. The first-order valence-corrected chi connectivity index (χ1v) is 10.3. The van der Waals surface area contributed by atoms with Crippen molar-refractivity contribution in [2.75, 3.05) is 26.7 Å². The van der Waals surface area contributed by atoms with E-state index in [1.165, 1.54) is 12.8 Å². The molecule has 0 unspecified atom stereocenters. The first-order chi connectivity index (χ1) is 14.0. The van der Waals surface area contributed by atoms with Crippen molar-refractivity contribution in [3.8, 4) is 5.75 Å². The number of likely N-dealkylation sites (tertiary alicyclic amines) is 1. The molecule has 4 rings (SSSR count). The SMILES string of the molecule is COc1cccc([C@@H]2CN(C(=O)c3ccc(C)cc3)C[C@@H]2C(=O)NCC2CC2)c1. The van der Waals surface area contributed by atoms with Crippen LogP contribution in [0.15, 0.2) is 48.5 Å². The lowest BCUT2D eigenvalue weighted by Crippen LogP contribution is -2.36. The Morgan fingerprint density at radius 1 is 1.10 bits per heavy atom. The van der Waals surface area contributed by atoms with Crippen molar-refractivity contribution in [3.63, 3.8) is 0 Å². The van der Waals surface area contributed by atoms with E-state index in [9.17, 15) is 9.59 Å². The summed E-state index contributed by atoms with van der Waals surface area (Å²) in [7, 11) is 1.64. The van der Waals surface area contributed by atoms with Crippen molar-refractivity contribution >= 4 is 11.8 Å². The number of nitrogens with zero attached hydrogens (tertiary/aromatic N) is 1. The number of nitrogens with one attached hydrogen (secondary N) is 1. The molecule has 5 heteroatoms. The van der Waals surface area contributed by atoms with Crippen molar-refractivity contribution < 1.29 is 14.3 Å². The Labute approximate surface area is 172 Å². The molecular weight excluding hydrogens is 364 g/mol. The van der Waals surface area contributed by atoms with Crippen LogP contribution in [0.3, 0.4) is 0 Å². The van der Waals surface area contributed by atoms with Crippen LogP contribution in [-0.2, 0) is 4.79 Å². The highest BCUT2D eigenvalue weighted by atomic mass is 16.5. The third-order valence-electron chi connectivity index (χ3n) is 6.03. The van der Waals surface area contributed by atoms with E-state index in [-0.39, 0.29) is 23.7 Å². The summed E-state index contributed by atoms with van der Waals surface area (Å²) in [5.74, 6) is 1.12. The second-order valence-corrected chi connectivity index (χ2v) is 8.25. The van der Waals surface area contributed by atoms with Gasteiger partial charge in [0, 0.05) is 31.1 Å². The van der Waals surface area contributed by atoms with Gasteiger partial charge in [0.15, 0.2) is 0 Å². The molecule has 5 nitrogen and oxygen atoms in total. The number of hydrogen-bond donors (Lipinski definition) is 1. The Morgan fingerprint density at radius 3 is 2.55 bits per heavy atom. The number of amides is 2. The third kappa shape index (κ3) is 4.44. The molecule has 1 saturated heterocycles. The molecule has 0 spiro atoms. The van der Waals surface area contributed by atoms with Gasteiger partial charge < -0.3 is 15.0 Å². The summed E-state index contributed by atoms with van der Waals surface area (Å²) < 4.78 is 5.37. The summed E-state index contributed by atoms with van der Waals surface area (Å²) in [5, 5.41) is 3.11. The first kappa shape index (κ1) is 19.5. The number of carbonyl (C=O) groups excluding carboxylic acids is 2. The Balaban J connectivity index is 1.56. The number of aryl methyl sites for hydroxylation is 1. The van der Waals surface area contributed by atoms with E-state index in [2.05, 4.69) is 5.32 Å². The molecule has 0 bridgehead atoms. The van der Waals surface area contributed by atoms with Gasteiger partial charge in [0.25, 0.3) is 5.91 Å². The van der Waals surface area contributed by atoms with E-state index in [1.807, 2.05) is 60.4 Å². The molecule has 2 atom stereocenters. The molecule has 2 aromatic rings. The Morgan fingerprint density at radius 2 is 1.86 bits per heavy atom. The minimum atomic E-state index is -0.254. The first-order valence-electron chi connectivity index (χ1n) is 10.3. The summed E-state index contributed by atoms with van der Waals surface area (Å²) >= 11 is 0. The third-order valence-corrected chi connectivity index (χ3v) is 6.03. The molecule has 2 amide bonds. The van der Waals surface area contributed by atoms with Gasteiger partial charge in [0.2, 0.25) is 5.91 Å². The predicted octanol–water partition coefficient (Wildman–Crippen LogP) is 3.39. The quantitative estimate of drug-likeness (QED) is 0.820. The Hall–Kier alpha value is -2.82. The van der Waals surface area contributed by atoms with Gasteiger partial charge in [-0.15, -0.1) is 0 Å². The van der Waals surface area contributed by atoms with Gasteiger partial charge in [0.1, 0.15) is 5.75 Å². The molecule has 1 saturated carbocycles. The lowest BCUT2D eigenvalue weighted by Gasteiger charge is -2.18. The van der Waals surface area contributed by atoms with Crippen LogP contribution in [0.25, 0.3) is 0 Å². The lowest BCUT2D eigenvalue weighted by atomic mass is 9.88. The van der Waals surface area contributed by atoms with Crippen LogP contribution in [-0.4, -0.2) is 43.5 Å². The van der Waals surface area contributed by atoms with Gasteiger partial charge in [0.05, 0.1) is 13.0 Å². The van der Waals surface area contributed by atoms with E-state index in [4.69, 9.17) is 4.74 Å². The largest absolute Gasteiger partial charge is 0.497 e. The number of ether oxygens (including phenoxy) is 1. The lowest BCUT2D eigenvalue weighted by molar-refractivity contribution is -0.125. The zero-order valence-electron chi connectivity index (χ0n) is 17.1. The molecule has 2 aromatic carbocycles. The number of benzene rings is 2. The second-order valence-electron chi connectivity index (χ2n) is 8.25. The molecule has 29 heavy (non-hydrogen) atoms. The van der Waals surface area contributed by atoms with Gasteiger partial charge in [-0.05, 0) is 55.5 Å². The van der Waals surface area contributed by atoms with E-state index < -0.39 is 0 Å². The molecule has 2 aliphatic rings. The number of methoxy groups -OCH3 is 1. The summed E-state index contributed by atoms with van der Waals surface area (Å²) in [6, 6.07) is 15.5. The van der Waals surface area contributed by atoms with Crippen LogP contribution in [0.5, 0.6) is 5.75 Å². The molecular formula is C24H28N2O3. The fourth-order valence-electron chi connectivity index (χ4n) is 4.02. The van der Waals surface area contributed by atoms with Gasteiger partial charge in [-0.1, -0.05) is 29.8 Å². The molecule has 152 valence electrons. The maximum atomic E-state index is 13.1. The van der Waals surface area contributed by atoms with E-state index in [1.54, 1.807) is 7.11 Å². The minimum Gasteiger partial charge on any atom is -0.497 e. The van der Waals surface area contributed by atoms with Gasteiger partial charge in [-0.2, -0.15) is 0 Å². The number of carbonyl (C=O) groups is 2. The standard InChI is InChI=1S/C24H28N2O3/c1-16-6-10-18(11-7-16)24(28)26-14-21(19-4-3-5-20(12-19)29-2)22(15-26)23(27)25-13-17-8-9-17/h3-7,10-12,17,21-22H,8-9,13-15H2,1-2H3,(H,25,27)/t21-,22-/m0/s1. The van der Waals surface area contributed by atoms with Gasteiger partial charge in [-0.3, -0.25) is 9.59 Å². The van der Waals surface area contributed by atoms with E-state index >= 15 is 0 Å². The highest BCUT2D eigenvalue weighted by Gasteiger charge is 2.41. The Bertz CT molecular complexity index is 889. The maximum Gasteiger partial charge on any atom is 0.253 e. The van der Waals surface area contributed by atoms with Gasteiger partial charge >= 0.3 is 0 Å². The maximum absolute atomic E-state index is 13.1. The topological polar surface area (TPSA) is 58.6 Å². The van der Waals surface area contributed by atoms with Crippen LogP contribution >= 0.6 is 0 Å². The summed E-state index contributed by atoms with van der Waals surface area (Å²) in [5.41, 5.74) is 2.82. The zero-order chi connectivity index (χ0) is 20.4. The van der Waals surface area contributed by atoms with Gasteiger partial charge in [-0.25, -0.2) is 0 Å². The van der Waals surface area contributed by atoms with Crippen LogP contribution in [0.1, 0.15) is 40.2 Å². The smallest absolute Gasteiger partial charge is 0.253 e. The number of hydrogen-bond acceptors (Lipinski definition) is 3. The fraction of sp³-hybridized carbons (Fsp3) is 0.417. The molecule has 0 radical (unpaired) electrons. The summed E-state index contributed by atoms with van der Waals surface area (Å²) in [6.45, 7) is 3.71. The second kappa shape index (κ2) is 8.27. The normalized spacial score (nSPS) is 21.1. The molecule has 1 heterocycles. The molecule has 1 aliphatic heterocycles. The molecule has 2 fully saturated rings. The highest BCUT2D eigenvalue weighted by molar-refractivity contribution is 5.95. The summed E-state index contributed by atoms with van der Waals surface area (Å²) in [4.78, 5) is 27.9. The predicted molar refractivity (Wildman–Crippen MR) is 112 cm³/mol.